The predicted octanol–water partition coefficient (Wildman–Crippen LogP) is 14.1. The number of hydrogen-bond donors (Lipinski definition) is 2. The number of phosphoric ester groups is 1. The molecule has 0 aliphatic rings. The van der Waals surface area contributed by atoms with Crippen molar-refractivity contribution in [1.29, 1.82) is 0 Å². The van der Waals surface area contributed by atoms with Gasteiger partial charge in [0.1, 0.15) is 6.61 Å². The zero-order chi connectivity index (χ0) is 40.9. The van der Waals surface area contributed by atoms with Crippen LogP contribution in [0.4, 0.5) is 0 Å². The molecule has 56 heavy (non-hydrogen) atoms. The van der Waals surface area contributed by atoms with Crippen molar-refractivity contribution >= 4 is 13.8 Å². The molecular formula is C47H86NO7P. The quantitative estimate of drug-likeness (QED) is 0.0206. The molecule has 0 aromatic carbocycles. The van der Waals surface area contributed by atoms with Crippen molar-refractivity contribution in [1.82, 2.24) is 0 Å². The second-order valence-electron chi connectivity index (χ2n) is 15.0. The second kappa shape index (κ2) is 44.1. The van der Waals surface area contributed by atoms with E-state index in [9.17, 15) is 14.3 Å². The van der Waals surface area contributed by atoms with Gasteiger partial charge >= 0.3 is 13.8 Å². The molecular weight excluding hydrogens is 721 g/mol. The van der Waals surface area contributed by atoms with Crippen LogP contribution in [0.1, 0.15) is 200 Å². The van der Waals surface area contributed by atoms with Gasteiger partial charge in [0.15, 0.2) is 6.10 Å². The summed E-state index contributed by atoms with van der Waals surface area (Å²) in [5, 5.41) is 0. The van der Waals surface area contributed by atoms with E-state index < -0.39 is 19.9 Å². The van der Waals surface area contributed by atoms with Crippen LogP contribution in [0.15, 0.2) is 60.9 Å². The van der Waals surface area contributed by atoms with Crippen molar-refractivity contribution < 1.29 is 32.8 Å². The fraction of sp³-hybridized carbons (Fsp3) is 0.766. The van der Waals surface area contributed by atoms with Gasteiger partial charge in [-0.3, -0.25) is 13.8 Å². The number of ether oxygens (including phenoxy) is 2. The molecule has 9 heteroatoms. The molecule has 0 saturated carbocycles. The molecule has 0 saturated heterocycles. The first-order valence-corrected chi connectivity index (χ1v) is 24.3. The molecule has 0 aromatic rings. The van der Waals surface area contributed by atoms with E-state index in [1.54, 1.807) is 6.26 Å². The summed E-state index contributed by atoms with van der Waals surface area (Å²) in [6.45, 7) is 4.17. The van der Waals surface area contributed by atoms with Crippen molar-refractivity contribution in [2.75, 3.05) is 26.4 Å². The number of carbonyl (C=O) groups is 1. The van der Waals surface area contributed by atoms with Crippen LogP contribution in [0.5, 0.6) is 0 Å². The van der Waals surface area contributed by atoms with Crippen LogP contribution < -0.4 is 5.73 Å². The fourth-order valence-corrected chi connectivity index (χ4v) is 6.91. The average Bonchev–Trinajstić information content (AvgIpc) is 3.19. The first-order valence-electron chi connectivity index (χ1n) is 22.8. The van der Waals surface area contributed by atoms with E-state index in [0.717, 1.165) is 32.1 Å². The number of nitrogens with two attached hydrogens (primary N) is 1. The molecule has 0 heterocycles. The maximum atomic E-state index is 12.6. The Hall–Kier alpha value is -1.96. The average molecular weight is 808 g/mol. The molecule has 0 rings (SSSR count). The fourth-order valence-electron chi connectivity index (χ4n) is 6.15. The third-order valence-corrected chi connectivity index (χ3v) is 10.5. The van der Waals surface area contributed by atoms with Crippen molar-refractivity contribution in [3.63, 3.8) is 0 Å². The van der Waals surface area contributed by atoms with Crippen LogP contribution in [0.25, 0.3) is 0 Å². The van der Waals surface area contributed by atoms with Gasteiger partial charge in [-0.25, -0.2) is 4.57 Å². The lowest BCUT2D eigenvalue weighted by Gasteiger charge is -2.19. The first-order chi connectivity index (χ1) is 27.4. The second-order valence-corrected chi connectivity index (χ2v) is 16.4. The Balaban J connectivity index is 4.18. The molecule has 326 valence electrons. The molecule has 8 nitrogen and oxygen atoms in total. The number of allylic oxidation sites excluding steroid dienone is 9. The van der Waals surface area contributed by atoms with Gasteiger partial charge in [0.05, 0.1) is 19.5 Å². The van der Waals surface area contributed by atoms with Crippen molar-refractivity contribution in [2.45, 2.75) is 206 Å². The lowest BCUT2D eigenvalue weighted by Crippen LogP contribution is -2.27. The number of rotatable bonds is 43. The Morgan fingerprint density at radius 2 is 0.964 bits per heavy atom. The van der Waals surface area contributed by atoms with Gasteiger partial charge in [0.2, 0.25) is 0 Å². The molecule has 0 aliphatic carbocycles. The van der Waals surface area contributed by atoms with Crippen molar-refractivity contribution in [2.24, 2.45) is 5.73 Å². The Kier molecular flexibility index (Phi) is 42.6. The van der Waals surface area contributed by atoms with Gasteiger partial charge in [-0.15, -0.1) is 0 Å². The standard InChI is InChI=1S/C47H86NO7P/c1-3-5-7-9-11-13-15-17-19-21-22-23-24-25-26-28-30-32-34-36-38-40-47(49)55-46(45-54-56(50,51)53-43-41-48)44-52-42-39-37-35-33-31-29-27-20-18-16-14-12-10-8-6-4-2/h21-22,24-25,28,30,34,36,39,42,46H,3-20,23,26-27,29,31-33,35,37-38,40-41,43-45,48H2,1-2H3,(H,50,51). The summed E-state index contributed by atoms with van der Waals surface area (Å²) in [6, 6.07) is 0. The van der Waals surface area contributed by atoms with Gasteiger partial charge < -0.3 is 20.1 Å². The zero-order valence-electron chi connectivity index (χ0n) is 36.1. The minimum atomic E-state index is -4.31. The normalized spacial score (nSPS) is 13.9. The number of phosphoric acid groups is 1. The number of unbranched alkanes of at least 4 members (excludes halogenated alkanes) is 22. The van der Waals surface area contributed by atoms with E-state index in [1.807, 2.05) is 18.2 Å². The van der Waals surface area contributed by atoms with Crippen LogP contribution in [0, 0.1) is 0 Å². The van der Waals surface area contributed by atoms with Crippen LogP contribution in [-0.2, 0) is 27.9 Å². The van der Waals surface area contributed by atoms with Gasteiger partial charge in [-0.1, -0.05) is 191 Å². The van der Waals surface area contributed by atoms with Crippen LogP contribution in [-0.4, -0.2) is 43.3 Å². The van der Waals surface area contributed by atoms with Gasteiger partial charge in [0, 0.05) is 13.0 Å². The van der Waals surface area contributed by atoms with Crippen molar-refractivity contribution in [3.8, 4) is 0 Å². The smallest absolute Gasteiger partial charge is 0.472 e. The van der Waals surface area contributed by atoms with E-state index in [0.29, 0.717) is 6.42 Å². The summed E-state index contributed by atoms with van der Waals surface area (Å²) in [5.41, 5.74) is 5.36. The lowest BCUT2D eigenvalue weighted by atomic mass is 10.0. The molecule has 0 spiro atoms. The van der Waals surface area contributed by atoms with Gasteiger partial charge in [-0.2, -0.15) is 0 Å². The Bertz CT molecular complexity index is 1040. The Morgan fingerprint density at radius 3 is 1.43 bits per heavy atom. The molecule has 3 N–H and O–H groups in total. The SMILES string of the molecule is CCCCCCCCCCC=CCC=CCC=CCC=CCCC(=O)OC(COC=CCCCCCCCCCCCCCCCC)COP(=O)(O)OCCN. The van der Waals surface area contributed by atoms with E-state index in [-0.39, 0.29) is 32.8 Å². The van der Waals surface area contributed by atoms with Crippen LogP contribution >= 0.6 is 7.82 Å². The van der Waals surface area contributed by atoms with E-state index in [2.05, 4.69) is 50.3 Å². The van der Waals surface area contributed by atoms with Crippen LogP contribution in [0.2, 0.25) is 0 Å². The highest BCUT2D eigenvalue weighted by atomic mass is 31.2. The molecule has 0 aliphatic heterocycles. The predicted molar refractivity (Wildman–Crippen MR) is 238 cm³/mol. The summed E-state index contributed by atoms with van der Waals surface area (Å²) < 4.78 is 33.1. The maximum Gasteiger partial charge on any atom is 0.472 e. The minimum Gasteiger partial charge on any atom is -0.498 e. The molecule has 0 fully saturated rings. The monoisotopic (exact) mass is 808 g/mol. The summed E-state index contributed by atoms with van der Waals surface area (Å²) >= 11 is 0. The highest BCUT2D eigenvalue weighted by molar-refractivity contribution is 7.47. The highest BCUT2D eigenvalue weighted by Gasteiger charge is 2.25. The zero-order valence-corrected chi connectivity index (χ0v) is 37.0. The minimum absolute atomic E-state index is 0.00252. The largest absolute Gasteiger partial charge is 0.498 e. The summed E-state index contributed by atoms with van der Waals surface area (Å²) in [7, 11) is -4.31. The Labute approximate surface area is 344 Å². The lowest BCUT2D eigenvalue weighted by molar-refractivity contribution is -0.153. The van der Waals surface area contributed by atoms with Gasteiger partial charge in [0.25, 0.3) is 0 Å². The summed E-state index contributed by atoms with van der Waals surface area (Å²) in [4.78, 5) is 22.4. The van der Waals surface area contributed by atoms with E-state index >= 15 is 0 Å². The van der Waals surface area contributed by atoms with E-state index in [1.165, 1.54) is 141 Å². The molecule has 2 unspecified atom stereocenters. The number of hydrogen-bond acceptors (Lipinski definition) is 7. The summed E-state index contributed by atoms with van der Waals surface area (Å²) in [5.74, 6) is -0.429. The Morgan fingerprint density at radius 1 is 0.554 bits per heavy atom. The highest BCUT2D eigenvalue weighted by Crippen LogP contribution is 2.43. The molecule has 2 atom stereocenters. The molecule has 0 radical (unpaired) electrons. The number of carbonyl (C=O) groups excluding carboxylic acids is 1. The van der Waals surface area contributed by atoms with Crippen molar-refractivity contribution in [3.05, 3.63) is 60.9 Å². The third-order valence-electron chi connectivity index (χ3n) is 9.52. The molecule has 0 aromatic heterocycles. The van der Waals surface area contributed by atoms with Crippen LogP contribution in [0.3, 0.4) is 0 Å². The van der Waals surface area contributed by atoms with Gasteiger partial charge in [-0.05, 0) is 57.4 Å². The topological polar surface area (TPSA) is 117 Å². The first kappa shape index (κ1) is 54.0. The molecule has 0 bridgehead atoms. The summed E-state index contributed by atoms with van der Waals surface area (Å²) in [6.07, 6.45) is 55.0. The third kappa shape index (κ3) is 43.2. The number of esters is 1. The van der Waals surface area contributed by atoms with E-state index in [4.69, 9.17) is 24.3 Å². The maximum absolute atomic E-state index is 12.6. The molecule has 0 amide bonds.